The van der Waals surface area contributed by atoms with Crippen molar-refractivity contribution in [1.82, 2.24) is 4.90 Å². The fourth-order valence-corrected chi connectivity index (χ4v) is 4.65. The Kier molecular flexibility index (Phi) is 4.81. The van der Waals surface area contributed by atoms with Crippen molar-refractivity contribution in [3.63, 3.8) is 0 Å². The van der Waals surface area contributed by atoms with Crippen LogP contribution in [0.15, 0.2) is 96.4 Å². The summed E-state index contributed by atoms with van der Waals surface area (Å²) in [6.45, 7) is 3.12. The van der Waals surface area contributed by atoms with E-state index in [1.165, 1.54) is 58.5 Å². The van der Waals surface area contributed by atoms with Crippen LogP contribution in [0.1, 0.15) is 30.9 Å². The number of benzene rings is 3. The van der Waals surface area contributed by atoms with Crippen molar-refractivity contribution in [2.75, 3.05) is 6.54 Å². The Hall–Kier alpha value is -3.06. The zero-order valence-corrected chi connectivity index (χ0v) is 17.1. The first-order valence-corrected chi connectivity index (χ1v) is 10.7. The summed E-state index contributed by atoms with van der Waals surface area (Å²) in [6.07, 6.45) is 18.1. The van der Waals surface area contributed by atoms with Gasteiger partial charge in [-0.25, -0.2) is 0 Å². The van der Waals surface area contributed by atoms with Gasteiger partial charge in [0.15, 0.2) is 0 Å². The number of aryl methyl sites for hydroxylation is 2. The highest BCUT2D eigenvalue weighted by molar-refractivity contribution is 6.08. The molecular formula is C28H27N. The Balaban J connectivity index is 0.000000142. The normalized spacial score (nSPS) is 17.2. The molecule has 3 aromatic carbocycles. The Labute approximate surface area is 173 Å². The Morgan fingerprint density at radius 1 is 0.828 bits per heavy atom. The maximum atomic E-state index is 2.35. The average Bonchev–Trinajstić information content (AvgIpc) is 2.79. The van der Waals surface area contributed by atoms with E-state index in [1.54, 1.807) is 11.1 Å². The lowest BCUT2D eigenvalue weighted by molar-refractivity contribution is 0.521. The minimum atomic E-state index is 1.01. The topological polar surface area (TPSA) is 3.24 Å². The van der Waals surface area contributed by atoms with Crippen LogP contribution in [-0.4, -0.2) is 11.4 Å². The number of hydrogen-bond donors (Lipinski definition) is 0. The lowest BCUT2D eigenvalue weighted by atomic mass is 9.86. The van der Waals surface area contributed by atoms with E-state index in [9.17, 15) is 0 Å². The van der Waals surface area contributed by atoms with Gasteiger partial charge >= 0.3 is 0 Å². The summed E-state index contributed by atoms with van der Waals surface area (Å²) >= 11 is 0. The Bertz CT molecular complexity index is 1190. The van der Waals surface area contributed by atoms with Crippen LogP contribution in [0.5, 0.6) is 0 Å². The van der Waals surface area contributed by atoms with Crippen molar-refractivity contribution < 1.29 is 0 Å². The molecule has 3 aliphatic rings. The summed E-state index contributed by atoms with van der Waals surface area (Å²) in [6, 6.07) is 18.0. The molecule has 1 heteroatoms. The monoisotopic (exact) mass is 377 g/mol. The third kappa shape index (κ3) is 3.53. The van der Waals surface area contributed by atoms with Crippen molar-refractivity contribution >= 4 is 21.5 Å². The maximum absolute atomic E-state index is 2.35. The first-order chi connectivity index (χ1) is 14.3. The molecule has 3 aromatic rings. The zero-order chi connectivity index (χ0) is 19.6. The second-order valence-corrected chi connectivity index (χ2v) is 8.17. The smallest absolute Gasteiger partial charge is 0.0411 e. The largest absolute Gasteiger partial charge is 0.344 e. The predicted molar refractivity (Wildman–Crippen MR) is 125 cm³/mol. The SMILES string of the molecule is CC1=CC2=CC=CCN2C=C1.c1ccc2c(c1)ccc1c3c(ccc12)CCCC3. The van der Waals surface area contributed by atoms with Crippen molar-refractivity contribution in [2.24, 2.45) is 0 Å². The molecule has 0 N–H and O–H groups in total. The molecule has 1 aliphatic carbocycles. The highest BCUT2D eigenvalue weighted by Crippen LogP contribution is 2.33. The van der Waals surface area contributed by atoms with Crippen molar-refractivity contribution in [2.45, 2.75) is 32.6 Å². The minimum Gasteiger partial charge on any atom is -0.344 e. The Morgan fingerprint density at radius 3 is 2.66 bits per heavy atom. The molecule has 1 nitrogen and oxygen atoms in total. The van der Waals surface area contributed by atoms with Crippen LogP contribution in [0.4, 0.5) is 0 Å². The molecule has 144 valence electrons. The molecule has 0 spiro atoms. The molecule has 0 saturated carbocycles. The second kappa shape index (κ2) is 7.75. The quantitative estimate of drug-likeness (QED) is 0.378. The van der Waals surface area contributed by atoms with Gasteiger partial charge in [-0.05, 0) is 89.1 Å². The van der Waals surface area contributed by atoms with Gasteiger partial charge in [0.05, 0.1) is 0 Å². The van der Waals surface area contributed by atoms with E-state index >= 15 is 0 Å². The average molecular weight is 378 g/mol. The van der Waals surface area contributed by atoms with Gasteiger partial charge in [-0.15, -0.1) is 0 Å². The van der Waals surface area contributed by atoms with Crippen molar-refractivity contribution in [3.8, 4) is 0 Å². The maximum Gasteiger partial charge on any atom is 0.0411 e. The molecule has 0 atom stereocenters. The summed E-state index contributed by atoms with van der Waals surface area (Å²) in [5.41, 5.74) is 5.80. The van der Waals surface area contributed by atoms with Crippen LogP contribution in [0.2, 0.25) is 0 Å². The first-order valence-electron chi connectivity index (χ1n) is 10.7. The fourth-order valence-electron chi connectivity index (χ4n) is 4.65. The highest BCUT2D eigenvalue weighted by Gasteiger charge is 2.13. The highest BCUT2D eigenvalue weighted by atomic mass is 15.1. The van der Waals surface area contributed by atoms with E-state index < -0.39 is 0 Å². The molecule has 0 unspecified atom stereocenters. The third-order valence-electron chi connectivity index (χ3n) is 6.19. The summed E-state index contributed by atoms with van der Waals surface area (Å²) in [5.74, 6) is 0. The standard InChI is InChI=1S/C18H16.C10H11N/c1-3-7-15-13(5-1)9-11-18-16-8-4-2-6-14(16)10-12-17(15)18;1-9-5-7-11-6-3-2-4-10(11)8-9/h1,3,5,7,9-12H,2,4,6,8H2;2-5,7-8H,6H2,1H3. The number of hydrogen-bond acceptors (Lipinski definition) is 1. The minimum absolute atomic E-state index is 1.01. The molecule has 0 fully saturated rings. The van der Waals surface area contributed by atoms with E-state index in [-0.39, 0.29) is 0 Å². The molecule has 2 aliphatic heterocycles. The van der Waals surface area contributed by atoms with Gasteiger partial charge in [-0.1, -0.05) is 60.7 Å². The van der Waals surface area contributed by atoms with E-state index in [4.69, 9.17) is 0 Å². The number of nitrogens with zero attached hydrogens (tertiary/aromatic N) is 1. The van der Waals surface area contributed by atoms with Gasteiger partial charge in [-0.2, -0.15) is 0 Å². The molecule has 29 heavy (non-hydrogen) atoms. The number of fused-ring (bicyclic) bond motifs is 6. The van der Waals surface area contributed by atoms with Crippen LogP contribution in [0, 0.1) is 0 Å². The van der Waals surface area contributed by atoms with Gasteiger partial charge in [0.2, 0.25) is 0 Å². The third-order valence-corrected chi connectivity index (χ3v) is 6.19. The van der Waals surface area contributed by atoms with E-state index in [0.29, 0.717) is 0 Å². The van der Waals surface area contributed by atoms with Gasteiger partial charge < -0.3 is 4.90 Å². The molecule has 0 bridgehead atoms. The Morgan fingerprint density at radius 2 is 1.69 bits per heavy atom. The molecule has 0 saturated heterocycles. The summed E-state index contributed by atoms with van der Waals surface area (Å²) in [7, 11) is 0. The summed E-state index contributed by atoms with van der Waals surface area (Å²) < 4.78 is 0. The molecule has 2 heterocycles. The van der Waals surface area contributed by atoms with Gasteiger partial charge in [0, 0.05) is 18.4 Å². The van der Waals surface area contributed by atoms with Crippen molar-refractivity contribution in [3.05, 3.63) is 108 Å². The van der Waals surface area contributed by atoms with E-state index in [0.717, 1.165) is 6.54 Å². The van der Waals surface area contributed by atoms with Crippen LogP contribution >= 0.6 is 0 Å². The summed E-state index contributed by atoms with van der Waals surface area (Å²) in [4.78, 5) is 2.23. The molecule has 0 radical (unpaired) electrons. The van der Waals surface area contributed by atoms with Crippen LogP contribution in [0.25, 0.3) is 21.5 Å². The van der Waals surface area contributed by atoms with E-state index in [1.807, 2.05) is 0 Å². The van der Waals surface area contributed by atoms with Crippen LogP contribution < -0.4 is 0 Å². The zero-order valence-electron chi connectivity index (χ0n) is 17.1. The molecule has 6 rings (SSSR count). The van der Waals surface area contributed by atoms with E-state index in [2.05, 4.69) is 96.9 Å². The molecule has 0 amide bonds. The molecular weight excluding hydrogens is 350 g/mol. The van der Waals surface area contributed by atoms with Crippen molar-refractivity contribution in [1.29, 1.82) is 0 Å². The first kappa shape index (κ1) is 18.0. The van der Waals surface area contributed by atoms with Gasteiger partial charge in [0.25, 0.3) is 0 Å². The van der Waals surface area contributed by atoms with Gasteiger partial charge in [-0.3, -0.25) is 0 Å². The second-order valence-electron chi connectivity index (χ2n) is 8.17. The predicted octanol–water partition coefficient (Wildman–Crippen LogP) is 7.09. The van der Waals surface area contributed by atoms with Crippen LogP contribution in [-0.2, 0) is 12.8 Å². The number of allylic oxidation sites excluding steroid dienone is 5. The van der Waals surface area contributed by atoms with Gasteiger partial charge in [0.1, 0.15) is 0 Å². The lowest BCUT2D eigenvalue weighted by Gasteiger charge is -2.25. The summed E-state index contributed by atoms with van der Waals surface area (Å²) in [5, 5.41) is 5.64. The lowest BCUT2D eigenvalue weighted by Crippen LogP contribution is -2.19. The van der Waals surface area contributed by atoms with Crippen LogP contribution in [0.3, 0.4) is 0 Å². The molecule has 0 aromatic heterocycles. The number of rotatable bonds is 0. The fraction of sp³-hybridized carbons (Fsp3) is 0.214.